The lowest BCUT2D eigenvalue weighted by Crippen LogP contribution is -2.51. The molecule has 1 saturated heterocycles. The van der Waals surface area contributed by atoms with Gasteiger partial charge in [0.05, 0.1) is 6.61 Å². The topological polar surface area (TPSA) is 87.7 Å². The summed E-state index contributed by atoms with van der Waals surface area (Å²) in [6.45, 7) is 11.2. The second-order valence-corrected chi connectivity index (χ2v) is 8.49. The van der Waals surface area contributed by atoms with E-state index in [1.165, 1.54) is 0 Å². The minimum absolute atomic E-state index is 0.0152. The summed E-state index contributed by atoms with van der Waals surface area (Å²) in [5.74, 6) is -0.496. The Morgan fingerprint density at radius 3 is 2.24 bits per heavy atom. The highest BCUT2D eigenvalue weighted by Gasteiger charge is 2.26. The largest absolute Gasteiger partial charge is 0.450 e. The van der Waals surface area contributed by atoms with E-state index < -0.39 is 6.04 Å². The Morgan fingerprint density at radius 1 is 1.14 bits per heavy atom. The fourth-order valence-corrected chi connectivity index (χ4v) is 3.21. The molecule has 0 saturated carbocycles. The second kappa shape index (κ2) is 9.76. The van der Waals surface area contributed by atoms with Crippen molar-refractivity contribution in [1.29, 1.82) is 0 Å². The monoisotopic (exact) mass is 403 g/mol. The Bertz CT molecular complexity index is 717. The zero-order valence-corrected chi connectivity index (χ0v) is 18.1. The lowest BCUT2D eigenvalue weighted by atomic mass is 9.86. The first-order valence-electron chi connectivity index (χ1n) is 10.2. The van der Waals surface area contributed by atoms with Gasteiger partial charge in [0.15, 0.2) is 0 Å². The van der Waals surface area contributed by atoms with Crippen molar-refractivity contribution in [3.05, 3.63) is 35.4 Å². The molecule has 0 radical (unpaired) electrons. The molecular formula is C22H33N3O4. The zero-order valence-electron chi connectivity index (χ0n) is 18.1. The fraction of sp³-hybridized carbons (Fsp3) is 0.591. The highest BCUT2D eigenvalue weighted by Crippen LogP contribution is 2.22. The maximum Gasteiger partial charge on any atom is 0.409 e. The zero-order chi connectivity index (χ0) is 21.6. The quantitative estimate of drug-likeness (QED) is 0.791. The number of amides is 3. The number of hydrogen-bond acceptors (Lipinski definition) is 4. The Labute approximate surface area is 173 Å². The van der Waals surface area contributed by atoms with Crippen LogP contribution < -0.4 is 10.6 Å². The third kappa shape index (κ3) is 6.48. The van der Waals surface area contributed by atoms with Gasteiger partial charge >= 0.3 is 6.09 Å². The predicted molar refractivity (Wildman–Crippen MR) is 112 cm³/mol. The van der Waals surface area contributed by atoms with E-state index in [-0.39, 0.29) is 29.4 Å². The summed E-state index contributed by atoms with van der Waals surface area (Å²) in [7, 11) is 0. The van der Waals surface area contributed by atoms with Crippen molar-refractivity contribution in [2.24, 2.45) is 0 Å². The summed E-state index contributed by atoms with van der Waals surface area (Å²) >= 11 is 0. The van der Waals surface area contributed by atoms with E-state index in [4.69, 9.17) is 4.74 Å². The average Bonchev–Trinajstić information content (AvgIpc) is 2.68. The van der Waals surface area contributed by atoms with Crippen LogP contribution in [0.1, 0.15) is 63.4 Å². The Balaban J connectivity index is 1.82. The maximum absolute atomic E-state index is 12.5. The molecule has 3 amide bonds. The van der Waals surface area contributed by atoms with E-state index in [2.05, 4.69) is 31.4 Å². The van der Waals surface area contributed by atoms with Crippen LogP contribution in [0.2, 0.25) is 0 Å². The highest BCUT2D eigenvalue weighted by molar-refractivity contribution is 5.97. The first-order valence-corrected chi connectivity index (χ1v) is 10.2. The molecule has 0 aliphatic carbocycles. The average molecular weight is 404 g/mol. The van der Waals surface area contributed by atoms with E-state index in [0.29, 0.717) is 38.1 Å². The number of hydrogen-bond donors (Lipinski definition) is 2. The van der Waals surface area contributed by atoms with E-state index in [1.807, 2.05) is 12.1 Å². The summed E-state index contributed by atoms with van der Waals surface area (Å²) in [4.78, 5) is 38.3. The van der Waals surface area contributed by atoms with Gasteiger partial charge in [-0.05, 0) is 49.8 Å². The van der Waals surface area contributed by atoms with Gasteiger partial charge in [-0.2, -0.15) is 0 Å². The molecule has 0 bridgehead atoms. The van der Waals surface area contributed by atoms with Gasteiger partial charge in [-0.3, -0.25) is 9.59 Å². The Morgan fingerprint density at radius 2 is 1.72 bits per heavy atom. The van der Waals surface area contributed by atoms with Crippen molar-refractivity contribution >= 4 is 17.9 Å². The summed E-state index contributed by atoms with van der Waals surface area (Å²) in [6, 6.07) is 6.79. The third-order valence-electron chi connectivity index (χ3n) is 5.12. The summed E-state index contributed by atoms with van der Waals surface area (Å²) in [6.07, 6.45) is 1.02. The van der Waals surface area contributed by atoms with Crippen LogP contribution in [0, 0.1) is 0 Å². The van der Waals surface area contributed by atoms with Crippen molar-refractivity contribution in [3.8, 4) is 0 Å². The molecule has 7 heteroatoms. The number of piperidine rings is 1. The highest BCUT2D eigenvalue weighted by atomic mass is 16.6. The number of likely N-dealkylation sites (tertiary alicyclic amines) is 1. The molecule has 7 nitrogen and oxygen atoms in total. The van der Waals surface area contributed by atoms with E-state index >= 15 is 0 Å². The van der Waals surface area contributed by atoms with Gasteiger partial charge in [-0.25, -0.2) is 4.79 Å². The van der Waals surface area contributed by atoms with Crippen LogP contribution in [0.3, 0.4) is 0 Å². The molecule has 1 aromatic rings. The van der Waals surface area contributed by atoms with Crippen molar-refractivity contribution in [1.82, 2.24) is 15.5 Å². The number of nitrogens with zero attached hydrogens (tertiary/aromatic N) is 1. The van der Waals surface area contributed by atoms with Gasteiger partial charge in [0.1, 0.15) is 6.04 Å². The number of benzene rings is 1. The van der Waals surface area contributed by atoms with Crippen LogP contribution in [0.25, 0.3) is 0 Å². The molecule has 1 atom stereocenters. The molecule has 0 aromatic heterocycles. The number of carbonyl (C=O) groups is 3. The molecule has 2 rings (SSSR count). The minimum atomic E-state index is -0.645. The standard InChI is InChI=1S/C22H33N3O4/c1-6-29-21(28)25-13-11-18(12-14-25)24-19(26)15(2)23-20(27)16-7-9-17(10-8-16)22(3,4)5/h7-10,15,18H,6,11-14H2,1-5H3,(H,23,27)(H,24,26)/t15-/m0/s1. The molecular weight excluding hydrogens is 370 g/mol. The lowest BCUT2D eigenvalue weighted by molar-refractivity contribution is -0.123. The molecule has 1 aliphatic heterocycles. The number of rotatable bonds is 5. The molecule has 2 N–H and O–H groups in total. The van der Waals surface area contributed by atoms with Crippen LogP contribution in [-0.2, 0) is 14.9 Å². The van der Waals surface area contributed by atoms with Gasteiger partial charge in [0, 0.05) is 24.7 Å². The van der Waals surface area contributed by atoms with Crippen LogP contribution in [0.5, 0.6) is 0 Å². The second-order valence-electron chi connectivity index (χ2n) is 8.49. The normalized spacial score (nSPS) is 16.1. The SMILES string of the molecule is CCOC(=O)N1CCC(NC(=O)[C@H](C)NC(=O)c2ccc(C(C)(C)C)cc2)CC1. The number of ether oxygens (including phenoxy) is 1. The molecule has 1 aliphatic rings. The summed E-state index contributed by atoms with van der Waals surface area (Å²) < 4.78 is 5.00. The molecule has 0 unspecified atom stereocenters. The molecule has 1 heterocycles. The molecule has 1 aromatic carbocycles. The van der Waals surface area contributed by atoms with Crippen molar-refractivity contribution in [2.45, 2.75) is 65.0 Å². The molecule has 1 fully saturated rings. The van der Waals surface area contributed by atoms with Gasteiger partial charge in [0.25, 0.3) is 5.91 Å². The Hall–Kier alpha value is -2.57. The number of nitrogens with one attached hydrogen (secondary N) is 2. The fourth-order valence-electron chi connectivity index (χ4n) is 3.21. The molecule has 160 valence electrons. The molecule has 29 heavy (non-hydrogen) atoms. The van der Waals surface area contributed by atoms with Gasteiger partial charge in [-0.15, -0.1) is 0 Å². The summed E-state index contributed by atoms with van der Waals surface area (Å²) in [5.41, 5.74) is 1.69. The maximum atomic E-state index is 12.5. The van der Waals surface area contributed by atoms with E-state index in [9.17, 15) is 14.4 Å². The van der Waals surface area contributed by atoms with Crippen molar-refractivity contribution in [2.75, 3.05) is 19.7 Å². The van der Waals surface area contributed by atoms with Crippen molar-refractivity contribution < 1.29 is 19.1 Å². The number of carbonyl (C=O) groups excluding carboxylic acids is 3. The van der Waals surface area contributed by atoms with Gasteiger partial charge in [0.2, 0.25) is 5.91 Å². The van der Waals surface area contributed by atoms with Crippen LogP contribution in [0.4, 0.5) is 4.79 Å². The lowest BCUT2D eigenvalue weighted by Gasteiger charge is -2.32. The van der Waals surface area contributed by atoms with Crippen LogP contribution >= 0.6 is 0 Å². The third-order valence-corrected chi connectivity index (χ3v) is 5.12. The van der Waals surface area contributed by atoms with Gasteiger partial charge in [-0.1, -0.05) is 32.9 Å². The minimum Gasteiger partial charge on any atom is -0.450 e. The van der Waals surface area contributed by atoms with Crippen LogP contribution in [0.15, 0.2) is 24.3 Å². The van der Waals surface area contributed by atoms with Gasteiger partial charge < -0.3 is 20.3 Å². The van der Waals surface area contributed by atoms with E-state index in [0.717, 1.165) is 5.56 Å². The van der Waals surface area contributed by atoms with Crippen molar-refractivity contribution in [3.63, 3.8) is 0 Å². The Kier molecular flexibility index (Phi) is 7.65. The van der Waals surface area contributed by atoms with Crippen LogP contribution in [-0.4, -0.2) is 54.6 Å². The van der Waals surface area contributed by atoms with E-state index in [1.54, 1.807) is 30.9 Å². The summed E-state index contributed by atoms with van der Waals surface area (Å²) in [5, 5.41) is 5.72. The first-order chi connectivity index (χ1) is 13.6. The molecule has 0 spiro atoms. The smallest absolute Gasteiger partial charge is 0.409 e. The predicted octanol–water partition coefficient (Wildman–Crippen LogP) is 2.84. The first kappa shape index (κ1) is 22.7.